The molecule has 0 saturated carbocycles. The van der Waals surface area contributed by atoms with Gasteiger partial charge in [-0.3, -0.25) is 4.79 Å². The molecule has 1 aromatic heterocycles. The van der Waals surface area contributed by atoms with Crippen LogP contribution in [0.2, 0.25) is 0 Å². The molecule has 0 saturated heterocycles. The van der Waals surface area contributed by atoms with Gasteiger partial charge >= 0.3 is 0 Å². The fraction of sp³-hybridized carbons (Fsp3) is 0.333. The van der Waals surface area contributed by atoms with E-state index >= 15 is 0 Å². The molecule has 0 bridgehead atoms. The Hall–Kier alpha value is -1.64. The van der Waals surface area contributed by atoms with E-state index in [9.17, 15) is 4.79 Å². The quantitative estimate of drug-likeness (QED) is 0.716. The average molecular weight is 204 g/mol. The zero-order chi connectivity index (χ0) is 11.4. The minimum Gasteiger partial charge on any atom is -0.310 e. The summed E-state index contributed by atoms with van der Waals surface area (Å²) in [6.07, 6.45) is 0. The van der Waals surface area contributed by atoms with Crippen molar-refractivity contribution in [1.29, 1.82) is 0 Å². The molecule has 1 aromatic carbocycles. The van der Waals surface area contributed by atoms with Gasteiger partial charge in [0.25, 0.3) is 5.56 Å². The van der Waals surface area contributed by atoms with E-state index in [1.165, 1.54) is 0 Å². The Bertz CT molecular complexity index is 515. The maximum atomic E-state index is 11.5. The van der Waals surface area contributed by atoms with Gasteiger partial charge in [0.05, 0.1) is 10.9 Å². The molecule has 0 amide bonds. The van der Waals surface area contributed by atoms with Gasteiger partial charge in [-0.25, -0.2) is 4.98 Å². The number of nitrogens with zero attached hydrogens (tertiary/aromatic N) is 1. The van der Waals surface area contributed by atoms with Crippen molar-refractivity contribution >= 4 is 10.9 Å². The summed E-state index contributed by atoms with van der Waals surface area (Å²) < 4.78 is 0. The lowest BCUT2D eigenvalue weighted by atomic mass is 10.1. The molecule has 0 unspecified atom stereocenters. The minimum absolute atomic E-state index is 0.0550. The van der Waals surface area contributed by atoms with Crippen LogP contribution in [0.15, 0.2) is 23.0 Å². The summed E-state index contributed by atoms with van der Waals surface area (Å²) in [5.41, 5.74) is 1.67. The third-order valence-corrected chi connectivity index (χ3v) is 2.06. The van der Waals surface area contributed by atoms with E-state index in [0.717, 1.165) is 11.1 Å². The van der Waals surface area contributed by atoms with E-state index < -0.39 is 0 Å². The Labute approximate surface area is 89.2 Å². The van der Waals surface area contributed by atoms with Crippen LogP contribution in [0.25, 0.3) is 10.9 Å². The molecule has 2 rings (SSSR count). The Balaban J connectivity index is 0.000000531. The number of aromatic amines is 1. The number of fused-ring (bicyclic) bond motifs is 1. The Kier molecular flexibility index (Phi) is 3.61. The van der Waals surface area contributed by atoms with Crippen molar-refractivity contribution < 1.29 is 0 Å². The SMILES string of the molecule is CC.Cc1nc2cccc(C)c2c(=O)[nH]1. The first-order chi connectivity index (χ1) is 7.18. The molecule has 0 aliphatic rings. The first-order valence-electron chi connectivity index (χ1n) is 5.15. The van der Waals surface area contributed by atoms with E-state index in [1.54, 1.807) is 6.92 Å². The molecule has 0 aliphatic heterocycles. The molecule has 0 atom stereocenters. The monoisotopic (exact) mass is 204 g/mol. The highest BCUT2D eigenvalue weighted by molar-refractivity contribution is 5.80. The van der Waals surface area contributed by atoms with Crippen LogP contribution in [0, 0.1) is 13.8 Å². The predicted octanol–water partition coefficient (Wildman–Crippen LogP) is 2.57. The van der Waals surface area contributed by atoms with Gasteiger partial charge in [-0.15, -0.1) is 0 Å². The van der Waals surface area contributed by atoms with Crippen LogP contribution < -0.4 is 5.56 Å². The molecule has 2 aromatic rings. The van der Waals surface area contributed by atoms with Gasteiger partial charge < -0.3 is 4.98 Å². The molecule has 80 valence electrons. The zero-order valence-electron chi connectivity index (χ0n) is 9.59. The van der Waals surface area contributed by atoms with Crippen molar-refractivity contribution in [2.24, 2.45) is 0 Å². The van der Waals surface area contributed by atoms with Crippen molar-refractivity contribution in [3.8, 4) is 0 Å². The maximum absolute atomic E-state index is 11.5. The first-order valence-corrected chi connectivity index (χ1v) is 5.15. The van der Waals surface area contributed by atoms with Gasteiger partial charge in [0.1, 0.15) is 5.82 Å². The number of hydrogen-bond acceptors (Lipinski definition) is 2. The Morgan fingerprint density at radius 2 is 1.87 bits per heavy atom. The summed E-state index contributed by atoms with van der Waals surface area (Å²) in [4.78, 5) is 18.5. The van der Waals surface area contributed by atoms with Gasteiger partial charge in [-0.05, 0) is 25.5 Å². The number of benzene rings is 1. The highest BCUT2D eigenvalue weighted by Gasteiger charge is 2.02. The summed E-state index contributed by atoms with van der Waals surface area (Å²) in [7, 11) is 0. The Morgan fingerprint density at radius 1 is 1.20 bits per heavy atom. The van der Waals surface area contributed by atoms with Gasteiger partial charge in [0, 0.05) is 0 Å². The molecule has 3 heteroatoms. The summed E-state index contributed by atoms with van der Waals surface area (Å²) in [6.45, 7) is 7.69. The first kappa shape index (κ1) is 11.4. The summed E-state index contributed by atoms with van der Waals surface area (Å²) >= 11 is 0. The lowest BCUT2D eigenvalue weighted by Gasteiger charge is -2.00. The smallest absolute Gasteiger partial charge is 0.259 e. The largest absolute Gasteiger partial charge is 0.310 e. The van der Waals surface area contributed by atoms with E-state index in [0.29, 0.717) is 11.2 Å². The van der Waals surface area contributed by atoms with Gasteiger partial charge in [0.2, 0.25) is 0 Å². The highest BCUT2D eigenvalue weighted by atomic mass is 16.1. The van der Waals surface area contributed by atoms with E-state index in [4.69, 9.17) is 0 Å². The number of H-pyrrole nitrogens is 1. The summed E-state index contributed by atoms with van der Waals surface area (Å²) in [5.74, 6) is 0.656. The molecule has 3 nitrogen and oxygen atoms in total. The third kappa shape index (κ3) is 2.24. The van der Waals surface area contributed by atoms with Crippen molar-refractivity contribution in [2.75, 3.05) is 0 Å². The number of rotatable bonds is 0. The van der Waals surface area contributed by atoms with Crippen LogP contribution in [-0.2, 0) is 0 Å². The van der Waals surface area contributed by atoms with Crippen molar-refractivity contribution in [1.82, 2.24) is 9.97 Å². The molecular weight excluding hydrogens is 188 g/mol. The van der Waals surface area contributed by atoms with Crippen LogP contribution in [0.4, 0.5) is 0 Å². The second kappa shape index (κ2) is 4.73. The highest BCUT2D eigenvalue weighted by Crippen LogP contribution is 2.10. The number of hydrogen-bond donors (Lipinski definition) is 1. The van der Waals surface area contributed by atoms with Crippen LogP contribution >= 0.6 is 0 Å². The van der Waals surface area contributed by atoms with E-state index in [1.807, 2.05) is 39.0 Å². The average Bonchev–Trinajstić information content (AvgIpc) is 2.19. The molecule has 0 fully saturated rings. The topological polar surface area (TPSA) is 45.8 Å². The van der Waals surface area contributed by atoms with Crippen LogP contribution in [0.3, 0.4) is 0 Å². The van der Waals surface area contributed by atoms with Gasteiger partial charge in [-0.1, -0.05) is 26.0 Å². The van der Waals surface area contributed by atoms with E-state index in [-0.39, 0.29) is 5.56 Å². The van der Waals surface area contributed by atoms with Crippen molar-refractivity contribution in [3.63, 3.8) is 0 Å². The minimum atomic E-state index is -0.0550. The lowest BCUT2D eigenvalue weighted by molar-refractivity contribution is 1.06. The zero-order valence-corrected chi connectivity index (χ0v) is 9.59. The van der Waals surface area contributed by atoms with Crippen LogP contribution in [0.5, 0.6) is 0 Å². The standard InChI is InChI=1S/C10H10N2O.C2H6/c1-6-4-3-5-8-9(6)10(13)12-7(2)11-8;1-2/h3-5H,1-2H3,(H,11,12,13);1-2H3. The summed E-state index contributed by atoms with van der Waals surface area (Å²) in [5, 5.41) is 0.688. The van der Waals surface area contributed by atoms with E-state index in [2.05, 4.69) is 9.97 Å². The predicted molar refractivity (Wildman–Crippen MR) is 63.2 cm³/mol. The van der Waals surface area contributed by atoms with Crippen molar-refractivity contribution in [3.05, 3.63) is 39.9 Å². The number of nitrogens with one attached hydrogen (secondary N) is 1. The van der Waals surface area contributed by atoms with Crippen molar-refractivity contribution in [2.45, 2.75) is 27.7 Å². The van der Waals surface area contributed by atoms with Crippen LogP contribution in [0.1, 0.15) is 25.2 Å². The van der Waals surface area contributed by atoms with Crippen LogP contribution in [-0.4, -0.2) is 9.97 Å². The maximum Gasteiger partial charge on any atom is 0.259 e. The normalized spacial score (nSPS) is 9.60. The molecule has 1 N–H and O–H groups in total. The van der Waals surface area contributed by atoms with Gasteiger partial charge in [-0.2, -0.15) is 0 Å². The third-order valence-electron chi connectivity index (χ3n) is 2.06. The fourth-order valence-electron chi connectivity index (χ4n) is 1.48. The molecule has 0 aliphatic carbocycles. The number of aryl methyl sites for hydroxylation is 2. The molecule has 15 heavy (non-hydrogen) atoms. The summed E-state index contributed by atoms with van der Waals surface area (Å²) in [6, 6.07) is 5.67. The van der Waals surface area contributed by atoms with Gasteiger partial charge in [0.15, 0.2) is 0 Å². The Morgan fingerprint density at radius 3 is 2.53 bits per heavy atom. The lowest BCUT2D eigenvalue weighted by Crippen LogP contribution is -2.10. The fourth-order valence-corrected chi connectivity index (χ4v) is 1.48. The molecule has 1 heterocycles. The molecule has 0 spiro atoms. The molecule has 0 radical (unpaired) electrons. The number of aromatic nitrogens is 2. The second-order valence-electron chi connectivity index (χ2n) is 3.12. The molecular formula is C12H16N2O. The second-order valence-corrected chi connectivity index (χ2v) is 3.12.